The molecule has 1 aromatic carbocycles. The molecule has 1 aromatic rings. The number of alkyl halides is 1. The highest BCUT2D eigenvalue weighted by Gasteiger charge is 2.10. The van der Waals surface area contributed by atoms with Crippen LogP contribution in [-0.2, 0) is 0 Å². The zero-order valence-electron chi connectivity index (χ0n) is 9.47. The summed E-state index contributed by atoms with van der Waals surface area (Å²) in [6, 6.07) is 5.71. The molecule has 1 unspecified atom stereocenters. The molecule has 0 fully saturated rings. The Labute approximate surface area is 132 Å². The number of rotatable bonds is 5. The van der Waals surface area contributed by atoms with Crippen molar-refractivity contribution in [2.24, 2.45) is 0 Å². The van der Waals surface area contributed by atoms with Crippen LogP contribution in [-0.4, -0.2) is 17.3 Å². The first-order valence-corrected chi connectivity index (χ1v) is 8.20. The van der Waals surface area contributed by atoms with E-state index in [0.717, 1.165) is 26.4 Å². The Balaban J connectivity index is 2.55. The third-order valence-electron chi connectivity index (χ3n) is 2.36. The van der Waals surface area contributed by atoms with Crippen LogP contribution in [0.5, 0.6) is 0 Å². The minimum absolute atomic E-state index is 0.00787. The summed E-state index contributed by atoms with van der Waals surface area (Å²) in [5.74, 6) is -0.00787. The van der Waals surface area contributed by atoms with E-state index < -0.39 is 0 Å². The lowest BCUT2D eigenvalue weighted by atomic mass is 10.2. The van der Waals surface area contributed by atoms with Crippen molar-refractivity contribution in [2.75, 3.05) is 6.54 Å². The number of carbonyl (C=O) groups is 1. The molecule has 0 radical (unpaired) electrons. The second kappa shape index (κ2) is 7.74. The predicted octanol–water partition coefficient (Wildman–Crippen LogP) is 4.35. The molecule has 2 nitrogen and oxygen atoms in total. The van der Waals surface area contributed by atoms with Crippen molar-refractivity contribution in [3.63, 3.8) is 0 Å². The molecule has 0 spiro atoms. The van der Waals surface area contributed by atoms with Gasteiger partial charge in [-0.1, -0.05) is 38.8 Å². The minimum Gasteiger partial charge on any atom is -0.352 e. The smallest absolute Gasteiger partial charge is 0.252 e. The number of carbonyl (C=O) groups excluding carboxylic acids is 1. The third kappa shape index (κ3) is 5.26. The summed E-state index contributed by atoms with van der Waals surface area (Å²) in [4.78, 5) is 12.4. The van der Waals surface area contributed by atoms with Crippen LogP contribution in [0.4, 0.5) is 0 Å². The van der Waals surface area contributed by atoms with Gasteiger partial charge in [0.25, 0.3) is 5.91 Å². The van der Waals surface area contributed by atoms with E-state index in [1.54, 1.807) is 0 Å². The first-order valence-electron chi connectivity index (χ1n) is 5.42. The topological polar surface area (TPSA) is 29.1 Å². The van der Waals surface area contributed by atoms with Gasteiger partial charge in [-0.05, 0) is 53.6 Å². The van der Waals surface area contributed by atoms with Gasteiger partial charge in [0.15, 0.2) is 0 Å². The molecule has 0 bridgehead atoms. The van der Waals surface area contributed by atoms with Gasteiger partial charge < -0.3 is 5.32 Å². The summed E-state index contributed by atoms with van der Waals surface area (Å²) in [6.07, 6.45) is 2.02. The SMILES string of the molecule is CCC(Br)CCNC(=O)c1cc(Br)ccc1I. The number of hydrogen-bond donors (Lipinski definition) is 1. The first-order chi connectivity index (χ1) is 8.04. The number of nitrogens with one attached hydrogen (secondary N) is 1. The average Bonchev–Trinajstić information content (AvgIpc) is 2.31. The highest BCUT2D eigenvalue weighted by molar-refractivity contribution is 14.1. The van der Waals surface area contributed by atoms with E-state index >= 15 is 0 Å². The van der Waals surface area contributed by atoms with Gasteiger partial charge in [-0.2, -0.15) is 0 Å². The highest BCUT2D eigenvalue weighted by Crippen LogP contribution is 2.18. The molecule has 0 aliphatic heterocycles. The van der Waals surface area contributed by atoms with Crippen LogP contribution in [0.15, 0.2) is 22.7 Å². The average molecular weight is 475 g/mol. The number of benzene rings is 1. The van der Waals surface area contributed by atoms with Crippen molar-refractivity contribution < 1.29 is 4.79 Å². The summed E-state index contributed by atoms with van der Waals surface area (Å²) >= 11 is 9.10. The van der Waals surface area contributed by atoms with E-state index in [4.69, 9.17) is 0 Å². The van der Waals surface area contributed by atoms with E-state index in [0.29, 0.717) is 11.4 Å². The Morgan fingerprint density at radius 3 is 2.88 bits per heavy atom. The van der Waals surface area contributed by atoms with Crippen molar-refractivity contribution >= 4 is 60.4 Å². The van der Waals surface area contributed by atoms with Crippen LogP contribution >= 0.6 is 54.5 Å². The van der Waals surface area contributed by atoms with E-state index in [1.165, 1.54) is 0 Å². The van der Waals surface area contributed by atoms with Gasteiger partial charge in [-0.3, -0.25) is 4.79 Å². The molecule has 0 aromatic heterocycles. The van der Waals surface area contributed by atoms with Crippen LogP contribution in [0.2, 0.25) is 0 Å². The molecule has 0 aliphatic rings. The van der Waals surface area contributed by atoms with Gasteiger partial charge >= 0.3 is 0 Å². The van der Waals surface area contributed by atoms with Crippen LogP contribution in [0.25, 0.3) is 0 Å². The fourth-order valence-electron chi connectivity index (χ4n) is 1.31. The Bertz CT molecular complexity index is 398. The molecule has 0 saturated heterocycles. The summed E-state index contributed by atoms with van der Waals surface area (Å²) in [7, 11) is 0. The molecule has 1 rings (SSSR count). The van der Waals surface area contributed by atoms with E-state index in [1.807, 2.05) is 18.2 Å². The Morgan fingerprint density at radius 2 is 2.24 bits per heavy atom. The van der Waals surface area contributed by atoms with Crippen molar-refractivity contribution in [2.45, 2.75) is 24.6 Å². The first kappa shape index (κ1) is 15.4. The lowest BCUT2D eigenvalue weighted by molar-refractivity contribution is 0.0952. The molecule has 1 atom stereocenters. The van der Waals surface area contributed by atoms with Gasteiger partial charge in [0.1, 0.15) is 0 Å². The zero-order valence-corrected chi connectivity index (χ0v) is 14.8. The van der Waals surface area contributed by atoms with E-state index in [-0.39, 0.29) is 5.91 Å². The highest BCUT2D eigenvalue weighted by atomic mass is 127. The standard InChI is InChI=1S/C12H14Br2INO/c1-2-8(13)5-6-16-12(17)10-7-9(14)3-4-11(10)15/h3-4,7-8H,2,5-6H2,1H3,(H,16,17). The van der Waals surface area contributed by atoms with Crippen molar-refractivity contribution in [3.8, 4) is 0 Å². The maximum absolute atomic E-state index is 11.9. The molecule has 17 heavy (non-hydrogen) atoms. The van der Waals surface area contributed by atoms with Gasteiger partial charge in [-0.25, -0.2) is 0 Å². The minimum atomic E-state index is -0.00787. The van der Waals surface area contributed by atoms with E-state index in [9.17, 15) is 4.79 Å². The molecule has 0 heterocycles. The monoisotopic (exact) mass is 473 g/mol. The van der Waals surface area contributed by atoms with Crippen LogP contribution in [0.3, 0.4) is 0 Å². The largest absolute Gasteiger partial charge is 0.352 e. The molecule has 0 saturated carbocycles. The maximum Gasteiger partial charge on any atom is 0.252 e. The summed E-state index contributed by atoms with van der Waals surface area (Å²) in [5.41, 5.74) is 0.725. The molecule has 1 amide bonds. The predicted molar refractivity (Wildman–Crippen MR) is 86.8 cm³/mol. The molecule has 5 heteroatoms. The molecule has 1 N–H and O–H groups in total. The Morgan fingerprint density at radius 1 is 1.53 bits per heavy atom. The molecule has 0 aliphatic carbocycles. The second-order valence-electron chi connectivity index (χ2n) is 3.67. The molecular formula is C12H14Br2INO. The Kier molecular flexibility index (Phi) is 7.02. The number of amides is 1. The summed E-state index contributed by atoms with van der Waals surface area (Å²) < 4.78 is 1.89. The molecule has 94 valence electrons. The molecular weight excluding hydrogens is 461 g/mol. The van der Waals surface area contributed by atoms with Gasteiger partial charge in [-0.15, -0.1) is 0 Å². The van der Waals surface area contributed by atoms with Crippen LogP contribution < -0.4 is 5.32 Å². The van der Waals surface area contributed by atoms with Gasteiger partial charge in [0.05, 0.1) is 5.56 Å². The van der Waals surface area contributed by atoms with Gasteiger partial charge in [0, 0.05) is 19.4 Å². The fraction of sp³-hybridized carbons (Fsp3) is 0.417. The van der Waals surface area contributed by atoms with Crippen LogP contribution in [0, 0.1) is 3.57 Å². The number of hydrogen-bond acceptors (Lipinski definition) is 1. The lowest BCUT2D eigenvalue weighted by Gasteiger charge is -2.09. The summed E-state index contributed by atoms with van der Waals surface area (Å²) in [5, 5.41) is 2.94. The number of halogens is 3. The van der Waals surface area contributed by atoms with Crippen molar-refractivity contribution in [1.82, 2.24) is 5.32 Å². The lowest BCUT2D eigenvalue weighted by Crippen LogP contribution is -2.26. The third-order valence-corrected chi connectivity index (χ3v) is 4.90. The Hall–Kier alpha value is 0.380. The van der Waals surface area contributed by atoms with E-state index in [2.05, 4.69) is 66.7 Å². The normalized spacial score (nSPS) is 12.2. The van der Waals surface area contributed by atoms with Gasteiger partial charge in [0.2, 0.25) is 0 Å². The quantitative estimate of drug-likeness (QED) is 0.499. The fourth-order valence-corrected chi connectivity index (χ4v) is 2.48. The zero-order chi connectivity index (χ0) is 12.8. The summed E-state index contributed by atoms with van der Waals surface area (Å²) in [6.45, 7) is 2.82. The van der Waals surface area contributed by atoms with Crippen LogP contribution in [0.1, 0.15) is 30.1 Å². The maximum atomic E-state index is 11.9. The second-order valence-corrected chi connectivity index (χ2v) is 7.05. The van der Waals surface area contributed by atoms with Crippen molar-refractivity contribution in [1.29, 1.82) is 0 Å². The van der Waals surface area contributed by atoms with Crippen molar-refractivity contribution in [3.05, 3.63) is 31.8 Å².